The number of nitrogens with zero attached hydrogens (tertiary/aromatic N) is 5. The molecule has 0 saturated heterocycles. The number of nitrogens with one attached hydrogen (secondary N) is 1. The van der Waals surface area contributed by atoms with E-state index in [1.54, 1.807) is 31.1 Å². The summed E-state index contributed by atoms with van der Waals surface area (Å²) in [6, 6.07) is 0. The van der Waals surface area contributed by atoms with Crippen molar-refractivity contribution in [1.82, 2.24) is 29.1 Å². The zero-order valence-electron chi connectivity index (χ0n) is 7.78. The molecular formula is C9H8N6. The van der Waals surface area contributed by atoms with Gasteiger partial charge in [-0.05, 0) is 0 Å². The van der Waals surface area contributed by atoms with Crippen LogP contribution in [0.3, 0.4) is 0 Å². The van der Waals surface area contributed by atoms with E-state index in [1.807, 2.05) is 21.5 Å². The van der Waals surface area contributed by atoms with E-state index in [9.17, 15) is 0 Å². The minimum atomic E-state index is 0.733. The molecule has 0 radical (unpaired) electrons. The molecule has 6 nitrogen and oxygen atoms in total. The molecule has 0 aliphatic carbocycles. The Morgan fingerprint density at radius 2 is 2.07 bits per heavy atom. The standard InChI is InChI=1S/C9H8N6/c1-2-12-8(11-1)15-6-4-13-9(15)14-5-3-10-7-14/h1-7H,(H,11,12). The van der Waals surface area contributed by atoms with Crippen LogP contribution in [0.5, 0.6) is 0 Å². The molecule has 15 heavy (non-hydrogen) atoms. The molecule has 0 atom stereocenters. The van der Waals surface area contributed by atoms with Gasteiger partial charge in [0, 0.05) is 37.2 Å². The van der Waals surface area contributed by atoms with Crippen LogP contribution in [0.2, 0.25) is 0 Å². The lowest BCUT2D eigenvalue weighted by molar-refractivity contribution is 0.855. The Kier molecular flexibility index (Phi) is 1.64. The van der Waals surface area contributed by atoms with Crippen molar-refractivity contribution in [2.75, 3.05) is 0 Å². The Hall–Kier alpha value is -2.37. The zero-order chi connectivity index (χ0) is 10.1. The van der Waals surface area contributed by atoms with Crippen LogP contribution in [0.25, 0.3) is 11.9 Å². The molecule has 3 heterocycles. The third-order valence-corrected chi connectivity index (χ3v) is 2.07. The van der Waals surface area contributed by atoms with Crippen molar-refractivity contribution >= 4 is 0 Å². The normalized spacial score (nSPS) is 10.7. The third kappa shape index (κ3) is 1.23. The highest BCUT2D eigenvalue weighted by atomic mass is 15.3. The summed E-state index contributed by atoms with van der Waals surface area (Å²) in [6.07, 6.45) is 12.3. The van der Waals surface area contributed by atoms with Crippen molar-refractivity contribution in [3.8, 4) is 11.9 Å². The molecule has 0 aliphatic rings. The van der Waals surface area contributed by atoms with Crippen LogP contribution in [0, 0.1) is 0 Å². The predicted molar refractivity (Wildman–Crippen MR) is 52.8 cm³/mol. The maximum Gasteiger partial charge on any atom is 0.222 e. The van der Waals surface area contributed by atoms with Gasteiger partial charge in [0.2, 0.25) is 11.9 Å². The monoisotopic (exact) mass is 200 g/mol. The van der Waals surface area contributed by atoms with E-state index < -0.39 is 0 Å². The van der Waals surface area contributed by atoms with Crippen molar-refractivity contribution in [1.29, 1.82) is 0 Å². The second kappa shape index (κ2) is 3.09. The molecule has 0 amide bonds. The van der Waals surface area contributed by atoms with Crippen molar-refractivity contribution in [2.24, 2.45) is 0 Å². The van der Waals surface area contributed by atoms with Crippen molar-refractivity contribution < 1.29 is 0 Å². The van der Waals surface area contributed by atoms with E-state index in [0.717, 1.165) is 11.9 Å². The smallest absolute Gasteiger partial charge is 0.222 e. The Morgan fingerprint density at radius 3 is 2.80 bits per heavy atom. The summed E-state index contributed by atoms with van der Waals surface area (Å²) in [7, 11) is 0. The van der Waals surface area contributed by atoms with Gasteiger partial charge < -0.3 is 4.98 Å². The van der Waals surface area contributed by atoms with E-state index >= 15 is 0 Å². The van der Waals surface area contributed by atoms with E-state index in [0.29, 0.717) is 0 Å². The molecule has 0 unspecified atom stereocenters. The molecular weight excluding hydrogens is 192 g/mol. The van der Waals surface area contributed by atoms with Crippen LogP contribution in [0.4, 0.5) is 0 Å². The van der Waals surface area contributed by atoms with Crippen LogP contribution in [0.15, 0.2) is 43.5 Å². The lowest BCUT2D eigenvalue weighted by Crippen LogP contribution is -2.04. The molecule has 0 aliphatic heterocycles. The van der Waals surface area contributed by atoms with Crippen molar-refractivity contribution in [3.63, 3.8) is 0 Å². The molecule has 0 aromatic carbocycles. The molecule has 6 heteroatoms. The summed E-state index contributed by atoms with van der Waals surface area (Å²) in [4.78, 5) is 15.4. The van der Waals surface area contributed by atoms with Crippen molar-refractivity contribution in [3.05, 3.63) is 43.5 Å². The molecule has 74 valence electrons. The van der Waals surface area contributed by atoms with Crippen LogP contribution < -0.4 is 0 Å². The first kappa shape index (κ1) is 7.98. The maximum atomic E-state index is 4.24. The topological polar surface area (TPSA) is 64.3 Å². The first-order valence-corrected chi connectivity index (χ1v) is 4.46. The van der Waals surface area contributed by atoms with E-state index in [1.165, 1.54) is 0 Å². The van der Waals surface area contributed by atoms with Gasteiger partial charge in [0.05, 0.1) is 0 Å². The zero-order valence-corrected chi connectivity index (χ0v) is 7.78. The molecule has 0 bridgehead atoms. The molecule has 0 saturated carbocycles. The van der Waals surface area contributed by atoms with Gasteiger partial charge in [0.15, 0.2) is 0 Å². The fourth-order valence-electron chi connectivity index (χ4n) is 1.42. The summed E-state index contributed by atoms with van der Waals surface area (Å²) in [5.41, 5.74) is 0. The van der Waals surface area contributed by atoms with Gasteiger partial charge in [-0.3, -0.25) is 9.13 Å². The lowest BCUT2D eigenvalue weighted by Gasteiger charge is -2.03. The minimum absolute atomic E-state index is 0.733. The van der Waals surface area contributed by atoms with Crippen LogP contribution in [0.1, 0.15) is 0 Å². The van der Waals surface area contributed by atoms with Gasteiger partial charge in [0.1, 0.15) is 6.33 Å². The molecule has 0 spiro atoms. The molecule has 0 fully saturated rings. The largest absolute Gasteiger partial charge is 0.330 e. The molecule has 3 aromatic heterocycles. The van der Waals surface area contributed by atoms with Crippen LogP contribution >= 0.6 is 0 Å². The Balaban J connectivity index is 2.15. The predicted octanol–water partition coefficient (Wildman–Crippen LogP) is 0.781. The van der Waals surface area contributed by atoms with Gasteiger partial charge in [-0.15, -0.1) is 0 Å². The van der Waals surface area contributed by atoms with Gasteiger partial charge in [-0.1, -0.05) is 0 Å². The highest BCUT2D eigenvalue weighted by molar-refractivity contribution is 5.24. The summed E-state index contributed by atoms with van der Waals surface area (Å²) in [5, 5.41) is 0. The second-order valence-corrected chi connectivity index (χ2v) is 2.98. The van der Waals surface area contributed by atoms with Gasteiger partial charge >= 0.3 is 0 Å². The van der Waals surface area contributed by atoms with Gasteiger partial charge in [-0.2, -0.15) is 0 Å². The van der Waals surface area contributed by atoms with E-state index in [2.05, 4.69) is 19.9 Å². The van der Waals surface area contributed by atoms with Crippen LogP contribution in [-0.2, 0) is 0 Å². The number of aromatic nitrogens is 6. The van der Waals surface area contributed by atoms with Gasteiger partial charge in [-0.25, -0.2) is 15.0 Å². The average Bonchev–Trinajstić information content (AvgIpc) is 3.01. The Labute approximate surface area is 85.3 Å². The number of imidazole rings is 3. The summed E-state index contributed by atoms with van der Waals surface area (Å²) in [5.74, 6) is 1.48. The first-order chi connectivity index (χ1) is 7.45. The first-order valence-electron chi connectivity index (χ1n) is 4.46. The maximum absolute atomic E-state index is 4.24. The molecule has 3 rings (SSSR count). The van der Waals surface area contributed by atoms with Crippen LogP contribution in [-0.4, -0.2) is 29.1 Å². The van der Waals surface area contributed by atoms with E-state index in [-0.39, 0.29) is 0 Å². The highest BCUT2D eigenvalue weighted by Gasteiger charge is 2.07. The minimum Gasteiger partial charge on any atom is -0.330 e. The Morgan fingerprint density at radius 1 is 1.07 bits per heavy atom. The SMILES string of the molecule is c1cn(-c2nccn2-c2ncc[nH]2)cn1. The second-order valence-electron chi connectivity index (χ2n) is 2.98. The Bertz CT molecular complexity index is 484. The summed E-state index contributed by atoms with van der Waals surface area (Å²) >= 11 is 0. The summed E-state index contributed by atoms with van der Waals surface area (Å²) in [6.45, 7) is 0. The highest BCUT2D eigenvalue weighted by Crippen LogP contribution is 2.09. The molecule has 3 aromatic rings. The number of H-pyrrole nitrogens is 1. The average molecular weight is 200 g/mol. The number of aromatic amines is 1. The fraction of sp³-hybridized carbons (Fsp3) is 0. The third-order valence-electron chi connectivity index (χ3n) is 2.07. The van der Waals surface area contributed by atoms with Gasteiger partial charge in [0.25, 0.3) is 0 Å². The van der Waals surface area contributed by atoms with E-state index in [4.69, 9.17) is 0 Å². The quantitative estimate of drug-likeness (QED) is 0.664. The molecule has 1 N–H and O–H groups in total. The number of rotatable bonds is 2. The number of hydrogen-bond acceptors (Lipinski definition) is 3. The van der Waals surface area contributed by atoms with Crippen molar-refractivity contribution in [2.45, 2.75) is 0 Å². The number of hydrogen-bond donors (Lipinski definition) is 1. The summed E-state index contributed by atoms with van der Waals surface area (Å²) < 4.78 is 3.67. The lowest BCUT2D eigenvalue weighted by atomic mass is 10.8. The fourth-order valence-corrected chi connectivity index (χ4v) is 1.42.